The first-order valence-electron chi connectivity index (χ1n) is 5.61. The van der Waals surface area contributed by atoms with Gasteiger partial charge < -0.3 is 21.1 Å². The summed E-state index contributed by atoms with van der Waals surface area (Å²) in [4.78, 5) is 11.4. The molecule has 0 aliphatic heterocycles. The van der Waals surface area contributed by atoms with E-state index >= 15 is 0 Å². The van der Waals surface area contributed by atoms with Gasteiger partial charge in [-0.25, -0.2) is 4.79 Å². The summed E-state index contributed by atoms with van der Waals surface area (Å²) in [5, 5.41) is 5.42. The van der Waals surface area contributed by atoms with E-state index in [4.69, 9.17) is 10.5 Å². The van der Waals surface area contributed by atoms with Crippen LogP contribution < -0.4 is 16.4 Å². The highest BCUT2D eigenvalue weighted by molar-refractivity contribution is 5.89. The molecule has 0 atom stereocenters. The average molecular weight is 274 g/mol. The predicted octanol–water partition coefficient (Wildman–Crippen LogP) is 1.51. The first kappa shape index (κ1) is 16.7. The molecule has 0 unspecified atom stereocenters. The second kappa shape index (κ2) is 9.70. The lowest BCUT2D eigenvalue weighted by atomic mass is 10.2. The summed E-state index contributed by atoms with van der Waals surface area (Å²) in [7, 11) is 0. The third-order valence-corrected chi connectivity index (χ3v) is 2.10. The maximum absolute atomic E-state index is 11.4. The van der Waals surface area contributed by atoms with Crippen LogP contribution in [0.3, 0.4) is 0 Å². The van der Waals surface area contributed by atoms with E-state index in [0.717, 1.165) is 11.3 Å². The quantitative estimate of drug-likeness (QED) is 0.688. The normalized spacial score (nSPS) is 9.44. The molecule has 1 aromatic carbocycles. The van der Waals surface area contributed by atoms with Crippen molar-refractivity contribution in [2.75, 3.05) is 31.6 Å². The van der Waals surface area contributed by atoms with E-state index in [1.165, 1.54) is 0 Å². The van der Waals surface area contributed by atoms with Crippen LogP contribution in [-0.2, 0) is 4.74 Å². The number of nitrogens with one attached hydrogen (secondary N) is 2. The van der Waals surface area contributed by atoms with Crippen LogP contribution in [-0.4, -0.2) is 32.3 Å². The monoisotopic (exact) mass is 273 g/mol. The molecular weight excluding hydrogens is 254 g/mol. The van der Waals surface area contributed by atoms with Crippen molar-refractivity contribution in [3.63, 3.8) is 0 Å². The van der Waals surface area contributed by atoms with Gasteiger partial charge in [0.25, 0.3) is 0 Å². The molecular formula is C12H20ClN3O2. The minimum absolute atomic E-state index is 0. The number of anilines is 1. The summed E-state index contributed by atoms with van der Waals surface area (Å²) in [6.45, 7) is 3.95. The molecule has 6 heteroatoms. The van der Waals surface area contributed by atoms with Crippen LogP contribution in [0, 0.1) is 6.92 Å². The maximum atomic E-state index is 11.4. The molecule has 0 radical (unpaired) electrons. The summed E-state index contributed by atoms with van der Waals surface area (Å²) >= 11 is 0. The Morgan fingerprint density at radius 1 is 1.28 bits per heavy atom. The van der Waals surface area contributed by atoms with E-state index in [2.05, 4.69) is 10.6 Å². The lowest BCUT2D eigenvalue weighted by Gasteiger charge is -2.08. The van der Waals surface area contributed by atoms with Gasteiger partial charge in [0.1, 0.15) is 0 Å². The van der Waals surface area contributed by atoms with Gasteiger partial charge in [-0.2, -0.15) is 0 Å². The molecule has 1 aromatic rings. The number of hydrogen-bond acceptors (Lipinski definition) is 3. The molecule has 5 nitrogen and oxygen atoms in total. The molecule has 0 spiro atoms. The van der Waals surface area contributed by atoms with E-state index in [-0.39, 0.29) is 18.4 Å². The molecule has 18 heavy (non-hydrogen) atoms. The van der Waals surface area contributed by atoms with Gasteiger partial charge in [0.2, 0.25) is 0 Å². The number of amides is 2. The van der Waals surface area contributed by atoms with Crippen LogP contribution in [0.4, 0.5) is 10.5 Å². The SMILES string of the molecule is Cc1ccc(NC(=O)NCCOCCN)cc1.Cl. The summed E-state index contributed by atoms with van der Waals surface area (Å²) in [5.41, 5.74) is 7.19. The van der Waals surface area contributed by atoms with Gasteiger partial charge >= 0.3 is 6.03 Å². The van der Waals surface area contributed by atoms with Crippen molar-refractivity contribution < 1.29 is 9.53 Å². The summed E-state index contributed by atoms with van der Waals surface area (Å²) < 4.78 is 5.13. The van der Waals surface area contributed by atoms with E-state index in [1.807, 2.05) is 31.2 Å². The number of ether oxygens (including phenoxy) is 1. The van der Waals surface area contributed by atoms with Crippen molar-refractivity contribution >= 4 is 24.1 Å². The highest BCUT2D eigenvalue weighted by atomic mass is 35.5. The molecule has 2 amide bonds. The second-order valence-electron chi connectivity index (χ2n) is 3.65. The van der Waals surface area contributed by atoms with Crippen LogP contribution in [0.5, 0.6) is 0 Å². The van der Waals surface area contributed by atoms with Gasteiger partial charge in [-0.1, -0.05) is 17.7 Å². The Hall–Kier alpha value is -1.30. The van der Waals surface area contributed by atoms with E-state index in [1.54, 1.807) is 0 Å². The molecule has 0 aliphatic carbocycles. The molecule has 0 aliphatic rings. The van der Waals surface area contributed by atoms with Crippen LogP contribution in [0.25, 0.3) is 0 Å². The second-order valence-corrected chi connectivity index (χ2v) is 3.65. The highest BCUT2D eigenvalue weighted by Gasteiger charge is 1.99. The van der Waals surface area contributed by atoms with Crippen molar-refractivity contribution in [1.82, 2.24) is 5.32 Å². The molecule has 4 N–H and O–H groups in total. The third-order valence-electron chi connectivity index (χ3n) is 2.10. The highest BCUT2D eigenvalue weighted by Crippen LogP contribution is 2.07. The zero-order valence-electron chi connectivity index (χ0n) is 10.4. The van der Waals surface area contributed by atoms with Crippen molar-refractivity contribution in [1.29, 1.82) is 0 Å². The molecule has 0 saturated heterocycles. The fourth-order valence-corrected chi connectivity index (χ4v) is 1.23. The lowest BCUT2D eigenvalue weighted by Crippen LogP contribution is -2.31. The fraction of sp³-hybridized carbons (Fsp3) is 0.417. The number of aryl methyl sites for hydroxylation is 1. The molecule has 1 rings (SSSR count). The zero-order chi connectivity index (χ0) is 12.5. The zero-order valence-corrected chi connectivity index (χ0v) is 11.3. The van der Waals surface area contributed by atoms with Crippen molar-refractivity contribution in [2.45, 2.75) is 6.92 Å². The molecule has 102 valence electrons. The number of hydrogen-bond donors (Lipinski definition) is 3. The number of halogens is 1. The topological polar surface area (TPSA) is 76.4 Å². The minimum Gasteiger partial charge on any atom is -0.378 e. The summed E-state index contributed by atoms with van der Waals surface area (Å²) in [5.74, 6) is 0. The number of carbonyl (C=O) groups excluding carboxylic acids is 1. The van der Waals surface area contributed by atoms with Crippen LogP contribution in [0.1, 0.15) is 5.56 Å². The van der Waals surface area contributed by atoms with Gasteiger partial charge in [-0.3, -0.25) is 0 Å². The molecule has 0 saturated carbocycles. The molecule has 0 heterocycles. The van der Waals surface area contributed by atoms with Gasteiger partial charge in [0.05, 0.1) is 13.2 Å². The summed E-state index contributed by atoms with van der Waals surface area (Å²) in [6, 6.07) is 7.38. The first-order chi connectivity index (χ1) is 8.22. The van der Waals surface area contributed by atoms with Gasteiger partial charge in [-0.05, 0) is 19.1 Å². The van der Waals surface area contributed by atoms with Crippen LogP contribution >= 0.6 is 12.4 Å². The number of urea groups is 1. The fourth-order valence-electron chi connectivity index (χ4n) is 1.23. The van der Waals surface area contributed by atoms with Crippen molar-refractivity contribution in [2.24, 2.45) is 5.73 Å². The Morgan fingerprint density at radius 3 is 2.56 bits per heavy atom. The van der Waals surface area contributed by atoms with E-state index in [0.29, 0.717) is 26.3 Å². The van der Waals surface area contributed by atoms with Gasteiger partial charge in [-0.15, -0.1) is 12.4 Å². The Morgan fingerprint density at radius 2 is 1.94 bits per heavy atom. The molecule has 0 bridgehead atoms. The van der Waals surface area contributed by atoms with E-state index < -0.39 is 0 Å². The van der Waals surface area contributed by atoms with E-state index in [9.17, 15) is 4.79 Å². The number of benzene rings is 1. The smallest absolute Gasteiger partial charge is 0.319 e. The van der Waals surface area contributed by atoms with Crippen LogP contribution in [0.2, 0.25) is 0 Å². The number of nitrogens with two attached hydrogens (primary N) is 1. The Kier molecular flexibility index (Phi) is 9.00. The minimum atomic E-state index is -0.231. The van der Waals surface area contributed by atoms with Crippen molar-refractivity contribution in [3.8, 4) is 0 Å². The predicted molar refractivity (Wildman–Crippen MR) is 75.3 cm³/mol. The maximum Gasteiger partial charge on any atom is 0.319 e. The number of rotatable bonds is 6. The third kappa shape index (κ3) is 7.11. The molecule has 0 fully saturated rings. The standard InChI is InChI=1S/C12H19N3O2.ClH/c1-10-2-4-11(5-3-10)15-12(16)14-7-9-17-8-6-13;/h2-5H,6-9,13H2,1H3,(H2,14,15,16);1H. The Bertz CT molecular complexity index is 344. The summed E-state index contributed by atoms with van der Waals surface area (Å²) in [6.07, 6.45) is 0. The Labute approximate surface area is 113 Å². The van der Waals surface area contributed by atoms with Gasteiger partial charge in [0.15, 0.2) is 0 Å². The largest absolute Gasteiger partial charge is 0.378 e. The Balaban J connectivity index is 0.00000289. The first-order valence-corrected chi connectivity index (χ1v) is 5.61. The van der Waals surface area contributed by atoms with Gasteiger partial charge in [0, 0.05) is 18.8 Å². The van der Waals surface area contributed by atoms with Crippen molar-refractivity contribution in [3.05, 3.63) is 29.8 Å². The molecule has 0 aromatic heterocycles. The number of carbonyl (C=O) groups is 1. The average Bonchev–Trinajstić information content (AvgIpc) is 2.32. The van der Waals surface area contributed by atoms with Crippen LogP contribution in [0.15, 0.2) is 24.3 Å². The lowest BCUT2D eigenvalue weighted by molar-refractivity contribution is 0.144.